The molecule has 10 heteroatoms. The van der Waals surface area contributed by atoms with E-state index >= 15 is 0 Å². The number of pyridine rings is 1. The molecule has 0 bridgehead atoms. The minimum Gasteiger partial charge on any atom is -0.354 e. The second-order valence-corrected chi connectivity index (χ2v) is 11.1. The standard InChI is InChI=1S/C26H32ClF3N4OS/c27-22-7-10-24(31-18-22)33-15-13-32(14-16-33)11-2-4-25(35)34-12-1-3-21(19-34)17-20-5-8-23(9-6-20)36-26(28,29)30/h5-10,18,21H,1-4,11-17,19H2/t21-/m1/s1. The molecule has 5 nitrogen and oxygen atoms in total. The van der Waals surface area contributed by atoms with Crippen molar-refractivity contribution in [3.63, 3.8) is 0 Å². The van der Waals surface area contributed by atoms with Crippen molar-refractivity contribution in [3.05, 3.63) is 53.2 Å². The Morgan fingerprint density at radius 3 is 2.47 bits per heavy atom. The van der Waals surface area contributed by atoms with Crippen LogP contribution < -0.4 is 4.90 Å². The Hall–Kier alpha value is -1.97. The molecular weight excluding hydrogens is 509 g/mol. The molecule has 2 aliphatic heterocycles. The number of hydrogen-bond donors (Lipinski definition) is 0. The van der Waals surface area contributed by atoms with E-state index in [-0.39, 0.29) is 22.6 Å². The zero-order chi connectivity index (χ0) is 25.5. The van der Waals surface area contributed by atoms with E-state index in [4.69, 9.17) is 11.6 Å². The number of benzene rings is 1. The SMILES string of the molecule is O=C(CCCN1CCN(c2ccc(Cl)cn2)CC1)N1CCC[C@H](Cc2ccc(SC(F)(F)F)cc2)C1. The maximum atomic E-state index is 12.9. The summed E-state index contributed by atoms with van der Waals surface area (Å²) in [5, 5.41) is 0.639. The minimum atomic E-state index is -4.27. The number of piperazine rings is 1. The molecule has 196 valence electrons. The highest BCUT2D eigenvalue weighted by atomic mass is 35.5. The Balaban J connectivity index is 1.16. The number of nitrogens with zero attached hydrogens (tertiary/aromatic N) is 4. The summed E-state index contributed by atoms with van der Waals surface area (Å²) in [6.07, 6.45) is 5.86. The number of anilines is 1. The molecule has 2 fully saturated rings. The molecule has 0 saturated carbocycles. The monoisotopic (exact) mass is 540 g/mol. The summed E-state index contributed by atoms with van der Waals surface area (Å²) in [7, 11) is 0. The van der Waals surface area contributed by atoms with Crippen molar-refractivity contribution in [2.75, 3.05) is 50.7 Å². The molecule has 0 N–H and O–H groups in total. The topological polar surface area (TPSA) is 39.7 Å². The summed E-state index contributed by atoms with van der Waals surface area (Å²) in [5.41, 5.74) is -3.25. The molecule has 4 rings (SSSR count). The zero-order valence-corrected chi connectivity index (χ0v) is 21.8. The van der Waals surface area contributed by atoms with Gasteiger partial charge in [-0.1, -0.05) is 23.7 Å². The van der Waals surface area contributed by atoms with Crippen LogP contribution in [0.15, 0.2) is 47.5 Å². The van der Waals surface area contributed by atoms with Crippen molar-refractivity contribution >= 4 is 35.1 Å². The number of carbonyl (C=O) groups is 1. The zero-order valence-electron chi connectivity index (χ0n) is 20.2. The quantitative estimate of drug-likeness (QED) is 0.400. The fraction of sp³-hybridized carbons (Fsp3) is 0.538. The number of rotatable bonds is 8. The fourth-order valence-electron chi connectivity index (χ4n) is 4.99. The number of likely N-dealkylation sites (tertiary alicyclic amines) is 1. The number of hydrogen-bond acceptors (Lipinski definition) is 5. The van der Waals surface area contributed by atoms with Crippen LogP contribution in [0.1, 0.15) is 31.2 Å². The van der Waals surface area contributed by atoms with Gasteiger partial charge in [0.15, 0.2) is 0 Å². The highest BCUT2D eigenvalue weighted by molar-refractivity contribution is 8.00. The minimum absolute atomic E-state index is 0.0888. The molecule has 1 aromatic heterocycles. The maximum absolute atomic E-state index is 12.9. The summed E-state index contributed by atoms with van der Waals surface area (Å²) in [6.45, 7) is 6.15. The molecule has 1 aromatic carbocycles. The van der Waals surface area contributed by atoms with Gasteiger partial charge in [-0.25, -0.2) is 4.98 Å². The van der Waals surface area contributed by atoms with Crippen LogP contribution in [0.3, 0.4) is 0 Å². The summed E-state index contributed by atoms with van der Waals surface area (Å²) in [4.78, 5) is 24.1. The van der Waals surface area contributed by atoms with Gasteiger partial charge in [0.25, 0.3) is 0 Å². The molecular formula is C26H32ClF3N4OS. The number of carbonyl (C=O) groups excluding carboxylic acids is 1. The van der Waals surface area contributed by atoms with Crippen LogP contribution in [0.4, 0.5) is 19.0 Å². The number of amides is 1. The first-order valence-corrected chi connectivity index (χ1v) is 13.7. The number of thioether (sulfide) groups is 1. The van der Waals surface area contributed by atoms with E-state index in [1.807, 2.05) is 17.0 Å². The van der Waals surface area contributed by atoms with Crippen molar-refractivity contribution in [2.24, 2.45) is 5.92 Å². The van der Waals surface area contributed by atoms with E-state index in [0.717, 1.165) is 82.9 Å². The molecule has 1 atom stereocenters. The van der Waals surface area contributed by atoms with Crippen molar-refractivity contribution in [3.8, 4) is 0 Å². The molecule has 0 spiro atoms. The van der Waals surface area contributed by atoms with Crippen molar-refractivity contribution < 1.29 is 18.0 Å². The average molecular weight is 541 g/mol. The van der Waals surface area contributed by atoms with Crippen molar-refractivity contribution in [1.29, 1.82) is 0 Å². The molecule has 2 saturated heterocycles. The maximum Gasteiger partial charge on any atom is 0.446 e. The van der Waals surface area contributed by atoms with Gasteiger partial charge in [-0.05, 0) is 79.7 Å². The molecule has 1 amide bonds. The van der Waals surface area contributed by atoms with Crippen LogP contribution in [0, 0.1) is 5.92 Å². The van der Waals surface area contributed by atoms with Crippen LogP contribution in [0.2, 0.25) is 5.02 Å². The molecule has 2 aliphatic rings. The van der Waals surface area contributed by atoms with Gasteiger partial charge in [-0.15, -0.1) is 0 Å². The highest BCUT2D eigenvalue weighted by Crippen LogP contribution is 2.37. The summed E-state index contributed by atoms with van der Waals surface area (Å²) in [6, 6.07) is 10.4. The Kier molecular flexibility index (Phi) is 9.41. The van der Waals surface area contributed by atoms with Crippen LogP contribution >= 0.6 is 23.4 Å². The molecule has 36 heavy (non-hydrogen) atoms. The average Bonchev–Trinajstić information content (AvgIpc) is 2.85. The van der Waals surface area contributed by atoms with Gasteiger partial charge >= 0.3 is 5.51 Å². The second kappa shape index (κ2) is 12.5. The first-order valence-electron chi connectivity index (χ1n) is 12.5. The molecule has 2 aromatic rings. The largest absolute Gasteiger partial charge is 0.446 e. The number of aromatic nitrogens is 1. The summed E-state index contributed by atoms with van der Waals surface area (Å²) in [5.74, 6) is 1.50. The third-order valence-corrected chi connectivity index (χ3v) is 7.79. The van der Waals surface area contributed by atoms with E-state index in [1.165, 1.54) is 12.1 Å². The first kappa shape index (κ1) is 27.1. The van der Waals surface area contributed by atoms with E-state index in [1.54, 1.807) is 18.3 Å². The molecule has 0 unspecified atom stereocenters. The molecule has 0 radical (unpaired) electrons. The predicted octanol–water partition coefficient (Wildman–Crippen LogP) is 5.73. The fourth-order valence-corrected chi connectivity index (χ4v) is 5.64. The van der Waals surface area contributed by atoms with Crippen molar-refractivity contribution in [1.82, 2.24) is 14.8 Å². The first-order chi connectivity index (χ1) is 17.2. The highest BCUT2D eigenvalue weighted by Gasteiger charge is 2.29. The summed E-state index contributed by atoms with van der Waals surface area (Å²) < 4.78 is 37.6. The van der Waals surface area contributed by atoms with Crippen LogP contribution in [-0.2, 0) is 11.2 Å². The van der Waals surface area contributed by atoms with Gasteiger partial charge in [0.2, 0.25) is 5.91 Å². The van der Waals surface area contributed by atoms with Gasteiger partial charge in [-0.2, -0.15) is 13.2 Å². The second-order valence-electron chi connectivity index (χ2n) is 9.51. The Bertz CT molecular complexity index is 982. The van der Waals surface area contributed by atoms with Gasteiger partial charge < -0.3 is 9.80 Å². The van der Waals surface area contributed by atoms with Gasteiger partial charge in [0.1, 0.15) is 5.82 Å². The number of piperidine rings is 1. The molecule has 3 heterocycles. The lowest BCUT2D eigenvalue weighted by Gasteiger charge is -2.36. The van der Waals surface area contributed by atoms with E-state index < -0.39 is 5.51 Å². The van der Waals surface area contributed by atoms with Gasteiger partial charge in [0.05, 0.1) is 5.02 Å². The summed E-state index contributed by atoms with van der Waals surface area (Å²) >= 11 is 5.84. The third kappa shape index (κ3) is 8.28. The predicted molar refractivity (Wildman–Crippen MR) is 138 cm³/mol. The number of halogens is 4. The van der Waals surface area contributed by atoms with Gasteiger partial charge in [-0.3, -0.25) is 9.69 Å². The normalized spacial score (nSPS) is 19.5. The van der Waals surface area contributed by atoms with Crippen LogP contribution in [-0.4, -0.2) is 72.0 Å². The van der Waals surface area contributed by atoms with Crippen LogP contribution in [0.25, 0.3) is 0 Å². The lowest BCUT2D eigenvalue weighted by atomic mass is 9.91. The molecule has 0 aliphatic carbocycles. The Morgan fingerprint density at radius 1 is 1.06 bits per heavy atom. The number of alkyl halides is 3. The van der Waals surface area contributed by atoms with E-state index in [9.17, 15) is 18.0 Å². The van der Waals surface area contributed by atoms with Crippen LogP contribution in [0.5, 0.6) is 0 Å². The lowest BCUT2D eigenvalue weighted by Crippen LogP contribution is -2.47. The Morgan fingerprint density at radius 2 is 1.81 bits per heavy atom. The smallest absolute Gasteiger partial charge is 0.354 e. The van der Waals surface area contributed by atoms with Gasteiger partial charge in [0, 0.05) is 56.8 Å². The Labute approximate surface area is 220 Å². The lowest BCUT2D eigenvalue weighted by molar-refractivity contribution is -0.133. The van der Waals surface area contributed by atoms with Crippen molar-refractivity contribution in [2.45, 2.75) is 42.5 Å². The van der Waals surface area contributed by atoms with E-state index in [0.29, 0.717) is 17.4 Å². The van der Waals surface area contributed by atoms with E-state index in [2.05, 4.69) is 14.8 Å². The third-order valence-electron chi connectivity index (χ3n) is 6.83.